The number of nitrogens with zero attached hydrogens (tertiary/aromatic N) is 3. The molecule has 0 bridgehead atoms. The van der Waals surface area contributed by atoms with Gasteiger partial charge in [-0.2, -0.15) is 4.98 Å². The van der Waals surface area contributed by atoms with Crippen LogP contribution in [0.25, 0.3) is 11.4 Å². The van der Waals surface area contributed by atoms with Crippen LogP contribution >= 0.6 is 0 Å². The van der Waals surface area contributed by atoms with Gasteiger partial charge in [0.2, 0.25) is 17.6 Å². The zero-order valence-corrected chi connectivity index (χ0v) is 15.8. The van der Waals surface area contributed by atoms with E-state index in [1.807, 2.05) is 62.4 Å². The van der Waals surface area contributed by atoms with Gasteiger partial charge in [0.05, 0.1) is 20.1 Å². The van der Waals surface area contributed by atoms with Crippen molar-refractivity contribution in [1.82, 2.24) is 15.0 Å². The minimum atomic E-state index is -0.0164. The lowest BCUT2D eigenvalue weighted by atomic mass is 10.1. The maximum Gasteiger partial charge on any atom is 0.246 e. The van der Waals surface area contributed by atoms with Gasteiger partial charge < -0.3 is 14.2 Å². The first-order chi connectivity index (χ1) is 13.1. The molecule has 0 N–H and O–H groups in total. The van der Waals surface area contributed by atoms with Crippen LogP contribution in [0.1, 0.15) is 23.9 Å². The molecule has 6 heteroatoms. The van der Waals surface area contributed by atoms with Gasteiger partial charge in [0.15, 0.2) is 0 Å². The summed E-state index contributed by atoms with van der Waals surface area (Å²) in [6, 6.07) is 15.4. The molecule has 0 aliphatic carbocycles. The summed E-state index contributed by atoms with van der Waals surface area (Å²) in [5.74, 6) is 1.64. The molecule has 0 saturated heterocycles. The molecule has 1 amide bonds. The number of rotatable bonds is 7. The van der Waals surface area contributed by atoms with Crippen molar-refractivity contribution in [1.29, 1.82) is 0 Å². The summed E-state index contributed by atoms with van der Waals surface area (Å²) in [5.41, 5.74) is 2.88. The first kappa shape index (κ1) is 18.6. The zero-order chi connectivity index (χ0) is 19.2. The lowest BCUT2D eigenvalue weighted by molar-refractivity contribution is -0.131. The summed E-state index contributed by atoms with van der Waals surface area (Å²) in [7, 11) is 1.60. The average molecular weight is 365 g/mol. The molecule has 1 heterocycles. The Bertz CT molecular complexity index is 920. The largest absolute Gasteiger partial charge is 0.496 e. The molecule has 3 aromatic rings. The van der Waals surface area contributed by atoms with Gasteiger partial charge in [-0.25, -0.2) is 0 Å². The second-order valence-electron chi connectivity index (χ2n) is 6.28. The predicted molar refractivity (Wildman–Crippen MR) is 102 cm³/mol. The minimum Gasteiger partial charge on any atom is -0.496 e. The third-order valence-electron chi connectivity index (χ3n) is 4.34. The lowest BCUT2D eigenvalue weighted by Crippen LogP contribution is -2.31. The number of benzene rings is 2. The summed E-state index contributed by atoms with van der Waals surface area (Å²) < 4.78 is 10.7. The maximum absolute atomic E-state index is 12.7. The number of carbonyl (C=O) groups is 1. The van der Waals surface area contributed by atoms with Gasteiger partial charge in [-0.05, 0) is 26.0 Å². The summed E-state index contributed by atoms with van der Waals surface area (Å²) >= 11 is 0. The van der Waals surface area contributed by atoms with E-state index in [2.05, 4.69) is 10.1 Å². The molecular formula is C21H23N3O3. The number of aromatic nitrogens is 2. The third kappa shape index (κ3) is 4.53. The van der Waals surface area contributed by atoms with Crippen LogP contribution < -0.4 is 4.74 Å². The number of aryl methyl sites for hydroxylation is 1. The van der Waals surface area contributed by atoms with Crippen LogP contribution in [-0.2, 0) is 17.8 Å². The van der Waals surface area contributed by atoms with Crippen LogP contribution in [0.15, 0.2) is 53.1 Å². The molecular weight excluding hydrogens is 342 g/mol. The molecule has 2 aromatic carbocycles. The van der Waals surface area contributed by atoms with Crippen LogP contribution in [0.2, 0.25) is 0 Å². The quantitative estimate of drug-likeness (QED) is 0.639. The smallest absolute Gasteiger partial charge is 0.246 e. The van der Waals surface area contributed by atoms with Crippen molar-refractivity contribution in [2.45, 2.75) is 26.8 Å². The van der Waals surface area contributed by atoms with Crippen molar-refractivity contribution in [3.05, 3.63) is 65.5 Å². The minimum absolute atomic E-state index is 0.0164. The van der Waals surface area contributed by atoms with E-state index in [0.717, 1.165) is 16.7 Å². The summed E-state index contributed by atoms with van der Waals surface area (Å²) in [6.45, 7) is 4.78. The highest BCUT2D eigenvalue weighted by Gasteiger charge is 2.18. The van der Waals surface area contributed by atoms with Gasteiger partial charge >= 0.3 is 0 Å². The molecule has 0 unspecified atom stereocenters. The number of ether oxygens (including phenoxy) is 1. The molecule has 3 rings (SSSR count). The number of likely N-dealkylation sites (N-methyl/N-ethyl adjacent to an activating group) is 1. The number of methoxy groups -OCH3 is 1. The van der Waals surface area contributed by atoms with E-state index in [1.54, 1.807) is 12.0 Å². The van der Waals surface area contributed by atoms with Crippen molar-refractivity contribution in [3.63, 3.8) is 0 Å². The highest BCUT2D eigenvalue weighted by molar-refractivity contribution is 5.79. The van der Waals surface area contributed by atoms with Crippen molar-refractivity contribution in [3.8, 4) is 17.1 Å². The fourth-order valence-corrected chi connectivity index (χ4v) is 2.88. The van der Waals surface area contributed by atoms with E-state index in [-0.39, 0.29) is 18.9 Å². The first-order valence-electron chi connectivity index (χ1n) is 8.90. The number of hydrogen-bond acceptors (Lipinski definition) is 5. The van der Waals surface area contributed by atoms with E-state index in [1.165, 1.54) is 0 Å². The highest BCUT2D eigenvalue weighted by atomic mass is 16.5. The number of hydrogen-bond donors (Lipinski definition) is 0. The number of amides is 1. The monoisotopic (exact) mass is 365 g/mol. The van der Waals surface area contributed by atoms with Crippen LogP contribution in [-0.4, -0.2) is 34.6 Å². The van der Waals surface area contributed by atoms with Gasteiger partial charge in [-0.1, -0.05) is 47.1 Å². The van der Waals surface area contributed by atoms with Crippen LogP contribution in [0.3, 0.4) is 0 Å². The van der Waals surface area contributed by atoms with E-state index in [0.29, 0.717) is 24.0 Å². The molecule has 0 aliphatic rings. The van der Waals surface area contributed by atoms with E-state index in [4.69, 9.17) is 9.26 Å². The van der Waals surface area contributed by atoms with Gasteiger partial charge in [0, 0.05) is 17.7 Å². The summed E-state index contributed by atoms with van der Waals surface area (Å²) in [6.07, 6.45) is 0.261. The van der Waals surface area contributed by atoms with Crippen LogP contribution in [0.4, 0.5) is 0 Å². The fourth-order valence-electron chi connectivity index (χ4n) is 2.88. The second kappa shape index (κ2) is 8.49. The lowest BCUT2D eigenvalue weighted by Gasteiger charge is -2.19. The Morgan fingerprint density at radius 3 is 2.74 bits per heavy atom. The number of para-hydroxylation sites is 1. The van der Waals surface area contributed by atoms with E-state index < -0.39 is 0 Å². The Morgan fingerprint density at radius 2 is 2.00 bits per heavy atom. The Kier molecular flexibility index (Phi) is 5.86. The SMILES string of the molecule is CCN(Cc1nc(-c2cccc(C)c2)no1)C(=O)Cc1ccccc1OC. The fraction of sp³-hybridized carbons (Fsp3) is 0.286. The molecule has 140 valence electrons. The Labute approximate surface area is 158 Å². The predicted octanol–water partition coefficient (Wildman–Crippen LogP) is 3.64. The first-order valence-corrected chi connectivity index (χ1v) is 8.90. The zero-order valence-electron chi connectivity index (χ0n) is 15.8. The molecule has 0 fully saturated rings. The van der Waals surface area contributed by atoms with Gasteiger partial charge in [-0.3, -0.25) is 4.79 Å². The van der Waals surface area contributed by atoms with Gasteiger partial charge in [-0.15, -0.1) is 0 Å². The molecule has 0 aliphatic heterocycles. The molecule has 1 aromatic heterocycles. The van der Waals surface area contributed by atoms with Gasteiger partial charge in [0.25, 0.3) is 0 Å². The second-order valence-corrected chi connectivity index (χ2v) is 6.28. The molecule has 0 radical (unpaired) electrons. The van der Waals surface area contributed by atoms with Crippen molar-refractivity contribution in [2.24, 2.45) is 0 Å². The average Bonchev–Trinajstić information content (AvgIpc) is 3.15. The molecule has 0 atom stereocenters. The Balaban J connectivity index is 1.71. The van der Waals surface area contributed by atoms with E-state index in [9.17, 15) is 4.79 Å². The molecule has 6 nitrogen and oxygen atoms in total. The van der Waals surface area contributed by atoms with Crippen LogP contribution in [0.5, 0.6) is 5.75 Å². The highest BCUT2D eigenvalue weighted by Crippen LogP contribution is 2.20. The van der Waals surface area contributed by atoms with Gasteiger partial charge in [0.1, 0.15) is 5.75 Å². The molecule has 0 saturated carbocycles. The normalized spacial score (nSPS) is 10.6. The Hall–Kier alpha value is -3.15. The van der Waals surface area contributed by atoms with Crippen LogP contribution in [0, 0.1) is 6.92 Å². The summed E-state index contributed by atoms with van der Waals surface area (Å²) in [5, 5.41) is 4.04. The number of carbonyl (C=O) groups excluding carboxylic acids is 1. The van der Waals surface area contributed by atoms with Crippen molar-refractivity contribution < 1.29 is 14.1 Å². The standard InChI is InChI=1S/C21H23N3O3/c1-4-24(20(25)13-16-9-5-6-11-18(16)26-3)14-19-22-21(23-27-19)17-10-7-8-15(2)12-17/h5-12H,4,13-14H2,1-3H3. The van der Waals surface area contributed by atoms with E-state index >= 15 is 0 Å². The summed E-state index contributed by atoms with van der Waals surface area (Å²) in [4.78, 5) is 18.8. The molecule has 0 spiro atoms. The van der Waals surface area contributed by atoms with Crippen molar-refractivity contribution >= 4 is 5.91 Å². The third-order valence-corrected chi connectivity index (χ3v) is 4.34. The maximum atomic E-state index is 12.7. The Morgan fingerprint density at radius 1 is 1.19 bits per heavy atom. The topological polar surface area (TPSA) is 68.5 Å². The van der Waals surface area contributed by atoms with Crippen molar-refractivity contribution in [2.75, 3.05) is 13.7 Å². The molecule has 27 heavy (non-hydrogen) atoms.